The summed E-state index contributed by atoms with van der Waals surface area (Å²) in [6, 6.07) is 6.34. The molecule has 0 aliphatic carbocycles. The van der Waals surface area contributed by atoms with Crippen LogP contribution in [0.1, 0.15) is 9.75 Å². The molecule has 0 fully saturated rings. The lowest BCUT2D eigenvalue weighted by molar-refractivity contribution is 0.126. The van der Waals surface area contributed by atoms with E-state index in [2.05, 4.69) is 44.9 Å². The first-order chi connectivity index (χ1) is 7.34. The van der Waals surface area contributed by atoms with E-state index in [0.717, 1.165) is 24.1 Å². The van der Waals surface area contributed by atoms with Gasteiger partial charge in [0.2, 0.25) is 0 Å². The van der Waals surface area contributed by atoms with Gasteiger partial charge in [0.25, 0.3) is 0 Å². The number of hydrogen-bond donors (Lipinski definition) is 0. The topological polar surface area (TPSA) is 9.23 Å². The summed E-state index contributed by atoms with van der Waals surface area (Å²) < 4.78 is 6.75. The molecule has 0 unspecified atom stereocenters. The highest BCUT2D eigenvalue weighted by Gasteiger charge is 1.98. The molecule has 2 aromatic rings. The fraction of sp³-hybridized carbons (Fsp3) is 0.273. The van der Waals surface area contributed by atoms with Crippen molar-refractivity contribution in [2.24, 2.45) is 0 Å². The van der Waals surface area contributed by atoms with Gasteiger partial charge in [-0.1, -0.05) is 6.07 Å². The van der Waals surface area contributed by atoms with Gasteiger partial charge in [-0.15, -0.1) is 22.7 Å². The molecule has 80 valence electrons. The predicted octanol–water partition coefficient (Wildman–Crippen LogP) is 4.33. The first kappa shape index (κ1) is 11.3. The minimum atomic E-state index is 0.724. The first-order valence-electron chi connectivity index (χ1n) is 4.67. The summed E-state index contributed by atoms with van der Waals surface area (Å²) in [7, 11) is 0. The Kier molecular flexibility index (Phi) is 4.38. The Morgan fingerprint density at radius 2 is 2.20 bits per heavy atom. The molecule has 0 radical (unpaired) electrons. The van der Waals surface area contributed by atoms with Gasteiger partial charge in [-0.25, -0.2) is 0 Å². The molecule has 0 saturated carbocycles. The summed E-state index contributed by atoms with van der Waals surface area (Å²) in [5.74, 6) is 0. The van der Waals surface area contributed by atoms with Crippen molar-refractivity contribution in [2.75, 3.05) is 6.61 Å². The summed E-state index contributed by atoms with van der Waals surface area (Å²) in [6.45, 7) is 1.53. The maximum atomic E-state index is 5.60. The fourth-order valence-corrected chi connectivity index (χ4v) is 3.31. The Hall–Kier alpha value is -0.160. The Labute approximate surface area is 106 Å². The molecule has 0 aliphatic heterocycles. The van der Waals surface area contributed by atoms with E-state index in [0.29, 0.717) is 0 Å². The summed E-state index contributed by atoms with van der Waals surface area (Å²) in [4.78, 5) is 2.66. The molecule has 0 aromatic carbocycles. The monoisotopic (exact) mass is 302 g/mol. The summed E-state index contributed by atoms with van der Waals surface area (Å²) in [6.07, 6.45) is 1.02. The van der Waals surface area contributed by atoms with E-state index in [1.807, 2.05) is 0 Å². The molecule has 4 heteroatoms. The van der Waals surface area contributed by atoms with E-state index < -0.39 is 0 Å². The van der Waals surface area contributed by atoms with Gasteiger partial charge in [-0.05, 0) is 33.4 Å². The van der Waals surface area contributed by atoms with E-state index >= 15 is 0 Å². The van der Waals surface area contributed by atoms with Gasteiger partial charge in [0.1, 0.15) is 0 Å². The average molecular weight is 303 g/mol. The van der Waals surface area contributed by atoms with Crippen LogP contribution in [-0.2, 0) is 17.8 Å². The lowest BCUT2D eigenvalue weighted by atomic mass is 10.4. The van der Waals surface area contributed by atoms with E-state index in [4.69, 9.17) is 4.74 Å². The third kappa shape index (κ3) is 3.72. The quantitative estimate of drug-likeness (QED) is 0.747. The third-order valence-corrected chi connectivity index (χ3v) is 4.55. The van der Waals surface area contributed by atoms with Crippen molar-refractivity contribution in [3.05, 3.63) is 43.2 Å². The van der Waals surface area contributed by atoms with E-state index in [1.54, 1.807) is 22.7 Å². The number of hydrogen-bond acceptors (Lipinski definition) is 3. The van der Waals surface area contributed by atoms with Crippen molar-refractivity contribution in [1.29, 1.82) is 0 Å². The van der Waals surface area contributed by atoms with Gasteiger partial charge in [-0.3, -0.25) is 0 Å². The highest BCUT2D eigenvalue weighted by molar-refractivity contribution is 9.10. The molecule has 0 atom stereocenters. The second-order valence-electron chi connectivity index (χ2n) is 3.11. The van der Waals surface area contributed by atoms with Gasteiger partial charge < -0.3 is 4.74 Å². The molecule has 0 bridgehead atoms. The third-order valence-electron chi connectivity index (χ3n) is 1.94. The maximum absolute atomic E-state index is 5.60. The van der Waals surface area contributed by atoms with Gasteiger partial charge in [0, 0.05) is 26.0 Å². The van der Waals surface area contributed by atoms with Crippen molar-refractivity contribution < 1.29 is 4.74 Å². The van der Waals surface area contributed by atoms with Crippen molar-refractivity contribution in [3.63, 3.8) is 0 Å². The molecule has 2 heterocycles. The van der Waals surface area contributed by atoms with Gasteiger partial charge >= 0.3 is 0 Å². The normalized spacial score (nSPS) is 10.7. The van der Waals surface area contributed by atoms with E-state index in [-0.39, 0.29) is 0 Å². The molecule has 15 heavy (non-hydrogen) atoms. The van der Waals surface area contributed by atoms with E-state index in [9.17, 15) is 0 Å². The lowest BCUT2D eigenvalue weighted by Crippen LogP contribution is -1.96. The second kappa shape index (κ2) is 5.80. The minimum absolute atomic E-state index is 0.724. The lowest BCUT2D eigenvalue weighted by Gasteiger charge is -2.00. The van der Waals surface area contributed by atoms with Gasteiger partial charge in [0.05, 0.1) is 13.2 Å². The molecular formula is C11H11BrOS2. The second-order valence-corrected chi connectivity index (χ2v) is 6.06. The molecule has 2 aromatic heterocycles. The summed E-state index contributed by atoms with van der Waals surface area (Å²) in [5.41, 5.74) is 0. The van der Waals surface area contributed by atoms with Crippen LogP contribution in [0.3, 0.4) is 0 Å². The number of halogens is 1. The smallest absolute Gasteiger partial charge is 0.0809 e. The minimum Gasteiger partial charge on any atom is -0.376 e. The van der Waals surface area contributed by atoms with Crippen LogP contribution in [0.15, 0.2) is 33.4 Å². The molecular weight excluding hydrogens is 292 g/mol. The fourth-order valence-electron chi connectivity index (χ4n) is 1.23. The van der Waals surface area contributed by atoms with Gasteiger partial charge in [0.15, 0.2) is 0 Å². The molecule has 1 nitrogen and oxygen atoms in total. The van der Waals surface area contributed by atoms with Crippen LogP contribution < -0.4 is 0 Å². The van der Waals surface area contributed by atoms with Crippen molar-refractivity contribution in [1.82, 2.24) is 0 Å². The van der Waals surface area contributed by atoms with Crippen LogP contribution >= 0.6 is 38.6 Å². The molecule has 0 aliphatic rings. The van der Waals surface area contributed by atoms with Crippen molar-refractivity contribution in [2.45, 2.75) is 13.0 Å². The number of ether oxygens (including phenoxy) is 1. The van der Waals surface area contributed by atoms with Gasteiger partial charge in [-0.2, -0.15) is 0 Å². The summed E-state index contributed by atoms with van der Waals surface area (Å²) in [5, 5.41) is 4.18. The highest BCUT2D eigenvalue weighted by Crippen LogP contribution is 2.20. The Morgan fingerprint density at radius 3 is 2.87 bits per heavy atom. The molecule has 0 amide bonds. The zero-order valence-corrected chi connectivity index (χ0v) is 11.3. The zero-order valence-electron chi connectivity index (χ0n) is 8.11. The summed E-state index contributed by atoms with van der Waals surface area (Å²) >= 11 is 6.95. The Balaban J connectivity index is 1.67. The number of rotatable bonds is 5. The SMILES string of the molecule is Brc1csc(COCCc2cccs2)c1. The Morgan fingerprint density at radius 1 is 1.27 bits per heavy atom. The molecule has 2 rings (SSSR count). The van der Waals surface area contributed by atoms with E-state index in [1.165, 1.54) is 9.75 Å². The maximum Gasteiger partial charge on any atom is 0.0809 e. The molecule has 0 spiro atoms. The first-order valence-corrected chi connectivity index (χ1v) is 7.23. The van der Waals surface area contributed by atoms with Crippen LogP contribution in [0.4, 0.5) is 0 Å². The zero-order chi connectivity index (χ0) is 10.5. The standard InChI is InChI=1S/C11H11BrOS2/c12-9-6-11(15-8-9)7-13-4-3-10-2-1-5-14-10/h1-2,5-6,8H,3-4,7H2. The average Bonchev–Trinajstić information content (AvgIpc) is 2.84. The predicted molar refractivity (Wildman–Crippen MR) is 69.7 cm³/mol. The largest absolute Gasteiger partial charge is 0.376 e. The van der Waals surface area contributed by atoms with Crippen LogP contribution in [0.5, 0.6) is 0 Å². The van der Waals surface area contributed by atoms with Crippen LogP contribution in [0.25, 0.3) is 0 Å². The van der Waals surface area contributed by atoms with Crippen molar-refractivity contribution in [3.8, 4) is 0 Å². The highest BCUT2D eigenvalue weighted by atomic mass is 79.9. The number of thiophene rings is 2. The molecule has 0 saturated heterocycles. The van der Waals surface area contributed by atoms with Crippen LogP contribution in [0, 0.1) is 0 Å². The molecule has 0 N–H and O–H groups in total. The van der Waals surface area contributed by atoms with Crippen LogP contribution in [-0.4, -0.2) is 6.61 Å². The Bertz CT molecular complexity index is 394. The van der Waals surface area contributed by atoms with Crippen LogP contribution in [0.2, 0.25) is 0 Å². The van der Waals surface area contributed by atoms with Crippen molar-refractivity contribution >= 4 is 38.6 Å².